The van der Waals surface area contributed by atoms with E-state index in [9.17, 15) is 4.79 Å². The lowest BCUT2D eigenvalue weighted by Gasteiger charge is -2.08. The Bertz CT molecular complexity index is 357. The summed E-state index contributed by atoms with van der Waals surface area (Å²) in [6.45, 7) is 7.43. The number of aryl methyl sites for hydroxylation is 1. The van der Waals surface area contributed by atoms with E-state index in [0.717, 1.165) is 12.0 Å². The third kappa shape index (κ3) is 6.40. The standard InChI is InChI=1S/C15H23NO2/c1-12(2)18-10-4-9-16-15(17)11-14-7-5-13(3)6-8-14/h5-8,12H,4,9-11H2,1-3H3,(H,16,17). The maximum atomic E-state index is 11.6. The highest BCUT2D eigenvalue weighted by molar-refractivity contribution is 5.78. The van der Waals surface area contributed by atoms with Gasteiger partial charge in [0.15, 0.2) is 0 Å². The van der Waals surface area contributed by atoms with Crippen LogP contribution in [0.5, 0.6) is 0 Å². The van der Waals surface area contributed by atoms with Crippen molar-refractivity contribution in [2.24, 2.45) is 0 Å². The van der Waals surface area contributed by atoms with Crippen LogP contribution in [0.1, 0.15) is 31.4 Å². The number of carbonyl (C=O) groups excluding carboxylic acids is 1. The molecule has 0 saturated heterocycles. The average molecular weight is 249 g/mol. The van der Waals surface area contributed by atoms with Crippen molar-refractivity contribution in [3.63, 3.8) is 0 Å². The Labute approximate surface area is 110 Å². The molecule has 1 aromatic carbocycles. The Kier molecular flexibility index (Phi) is 6.44. The molecule has 1 aromatic rings. The molecule has 18 heavy (non-hydrogen) atoms. The molecule has 0 atom stereocenters. The monoisotopic (exact) mass is 249 g/mol. The van der Waals surface area contributed by atoms with E-state index in [0.29, 0.717) is 19.6 Å². The van der Waals surface area contributed by atoms with Gasteiger partial charge in [-0.25, -0.2) is 0 Å². The topological polar surface area (TPSA) is 38.3 Å². The number of ether oxygens (including phenoxy) is 1. The summed E-state index contributed by atoms with van der Waals surface area (Å²) in [7, 11) is 0. The van der Waals surface area contributed by atoms with E-state index in [4.69, 9.17) is 4.74 Å². The van der Waals surface area contributed by atoms with Crippen molar-refractivity contribution >= 4 is 5.91 Å². The van der Waals surface area contributed by atoms with Gasteiger partial charge in [0, 0.05) is 13.2 Å². The summed E-state index contributed by atoms with van der Waals surface area (Å²) in [5.41, 5.74) is 2.27. The summed E-state index contributed by atoms with van der Waals surface area (Å²) in [4.78, 5) is 11.6. The van der Waals surface area contributed by atoms with E-state index >= 15 is 0 Å². The van der Waals surface area contributed by atoms with E-state index in [1.807, 2.05) is 45.0 Å². The number of hydrogen-bond acceptors (Lipinski definition) is 2. The van der Waals surface area contributed by atoms with Gasteiger partial charge in [0.1, 0.15) is 0 Å². The highest BCUT2D eigenvalue weighted by Crippen LogP contribution is 2.03. The fourth-order valence-corrected chi connectivity index (χ4v) is 1.57. The molecule has 0 unspecified atom stereocenters. The molecule has 1 amide bonds. The van der Waals surface area contributed by atoms with Gasteiger partial charge in [-0.05, 0) is 32.8 Å². The average Bonchev–Trinajstić information content (AvgIpc) is 2.31. The van der Waals surface area contributed by atoms with Crippen molar-refractivity contribution in [1.82, 2.24) is 5.32 Å². The van der Waals surface area contributed by atoms with Gasteiger partial charge in [0.25, 0.3) is 0 Å². The van der Waals surface area contributed by atoms with Gasteiger partial charge < -0.3 is 10.1 Å². The predicted octanol–water partition coefficient (Wildman–Crippen LogP) is 2.47. The Morgan fingerprint density at radius 1 is 1.28 bits per heavy atom. The van der Waals surface area contributed by atoms with Crippen molar-refractivity contribution in [3.8, 4) is 0 Å². The van der Waals surface area contributed by atoms with Crippen molar-refractivity contribution in [2.75, 3.05) is 13.2 Å². The molecule has 1 N–H and O–H groups in total. The minimum atomic E-state index is 0.0726. The number of nitrogens with one attached hydrogen (secondary N) is 1. The molecule has 0 aromatic heterocycles. The highest BCUT2D eigenvalue weighted by Gasteiger charge is 2.02. The van der Waals surface area contributed by atoms with Gasteiger partial charge in [0.05, 0.1) is 12.5 Å². The normalized spacial score (nSPS) is 10.7. The van der Waals surface area contributed by atoms with Crippen LogP contribution in [0.2, 0.25) is 0 Å². The van der Waals surface area contributed by atoms with Crippen molar-refractivity contribution in [3.05, 3.63) is 35.4 Å². The summed E-state index contributed by atoms with van der Waals surface area (Å²) in [6, 6.07) is 8.05. The molecule has 0 bridgehead atoms. The maximum absolute atomic E-state index is 11.6. The molecule has 1 rings (SSSR count). The number of benzene rings is 1. The van der Waals surface area contributed by atoms with E-state index in [1.165, 1.54) is 5.56 Å². The van der Waals surface area contributed by atoms with E-state index in [1.54, 1.807) is 0 Å². The van der Waals surface area contributed by atoms with E-state index in [-0.39, 0.29) is 12.0 Å². The molecule has 0 fully saturated rings. The second kappa shape index (κ2) is 7.88. The van der Waals surface area contributed by atoms with Gasteiger partial charge in [-0.3, -0.25) is 4.79 Å². The minimum Gasteiger partial charge on any atom is -0.379 e. The molecular weight excluding hydrogens is 226 g/mol. The number of carbonyl (C=O) groups is 1. The molecule has 100 valence electrons. The summed E-state index contributed by atoms with van der Waals surface area (Å²) in [6.07, 6.45) is 1.57. The Hall–Kier alpha value is -1.35. The summed E-state index contributed by atoms with van der Waals surface area (Å²) < 4.78 is 5.40. The molecule has 3 nitrogen and oxygen atoms in total. The molecule has 3 heteroatoms. The highest BCUT2D eigenvalue weighted by atomic mass is 16.5. The largest absolute Gasteiger partial charge is 0.379 e. The van der Waals surface area contributed by atoms with Crippen LogP contribution in [0.4, 0.5) is 0 Å². The summed E-state index contributed by atoms with van der Waals surface area (Å²) in [5.74, 6) is 0.0726. The van der Waals surface area contributed by atoms with Crippen molar-refractivity contribution < 1.29 is 9.53 Å². The molecule has 0 radical (unpaired) electrons. The lowest BCUT2D eigenvalue weighted by molar-refractivity contribution is -0.120. The van der Waals surface area contributed by atoms with Crippen LogP contribution in [0, 0.1) is 6.92 Å². The quantitative estimate of drug-likeness (QED) is 0.754. The first-order valence-electron chi connectivity index (χ1n) is 6.52. The van der Waals surface area contributed by atoms with Gasteiger partial charge in [0.2, 0.25) is 5.91 Å². The lowest BCUT2D eigenvalue weighted by atomic mass is 10.1. The molecule has 0 aliphatic heterocycles. The summed E-state index contributed by atoms with van der Waals surface area (Å²) in [5, 5.41) is 2.90. The fourth-order valence-electron chi connectivity index (χ4n) is 1.57. The molecule has 0 aliphatic rings. The van der Waals surface area contributed by atoms with Crippen LogP contribution in [0.15, 0.2) is 24.3 Å². The first-order valence-corrected chi connectivity index (χ1v) is 6.52. The molecular formula is C15H23NO2. The van der Waals surface area contributed by atoms with Crippen LogP contribution >= 0.6 is 0 Å². The lowest BCUT2D eigenvalue weighted by Crippen LogP contribution is -2.27. The van der Waals surface area contributed by atoms with Crippen LogP contribution < -0.4 is 5.32 Å². The molecule has 0 saturated carbocycles. The zero-order valence-electron chi connectivity index (χ0n) is 11.5. The fraction of sp³-hybridized carbons (Fsp3) is 0.533. The molecule has 0 spiro atoms. The van der Waals surface area contributed by atoms with Gasteiger partial charge in [-0.15, -0.1) is 0 Å². The Morgan fingerprint density at radius 2 is 1.94 bits per heavy atom. The van der Waals surface area contributed by atoms with Crippen LogP contribution in [0.25, 0.3) is 0 Å². The second-order valence-corrected chi connectivity index (χ2v) is 4.79. The van der Waals surface area contributed by atoms with Crippen molar-refractivity contribution in [2.45, 2.75) is 39.7 Å². The van der Waals surface area contributed by atoms with Crippen LogP contribution in [-0.2, 0) is 16.0 Å². The van der Waals surface area contributed by atoms with Crippen LogP contribution in [-0.4, -0.2) is 25.2 Å². The second-order valence-electron chi connectivity index (χ2n) is 4.79. The smallest absolute Gasteiger partial charge is 0.224 e. The first kappa shape index (κ1) is 14.7. The number of hydrogen-bond donors (Lipinski definition) is 1. The van der Waals surface area contributed by atoms with Crippen molar-refractivity contribution in [1.29, 1.82) is 0 Å². The minimum absolute atomic E-state index is 0.0726. The zero-order valence-corrected chi connectivity index (χ0v) is 11.5. The predicted molar refractivity (Wildman–Crippen MR) is 73.6 cm³/mol. The van der Waals surface area contributed by atoms with Gasteiger partial charge in [-0.2, -0.15) is 0 Å². The molecule has 0 heterocycles. The SMILES string of the molecule is Cc1ccc(CC(=O)NCCCOC(C)C)cc1. The Balaban J connectivity index is 2.16. The third-order valence-corrected chi connectivity index (χ3v) is 2.58. The summed E-state index contributed by atoms with van der Waals surface area (Å²) >= 11 is 0. The number of rotatable bonds is 7. The van der Waals surface area contributed by atoms with Gasteiger partial charge >= 0.3 is 0 Å². The first-order chi connectivity index (χ1) is 8.58. The van der Waals surface area contributed by atoms with Crippen LogP contribution in [0.3, 0.4) is 0 Å². The zero-order chi connectivity index (χ0) is 13.4. The van der Waals surface area contributed by atoms with Gasteiger partial charge in [-0.1, -0.05) is 29.8 Å². The third-order valence-electron chi connectivity index (χ3n) is 2.58. The van der Waals surface area contributed by atoms with E-state index in [2.05, 4.69) is 5.32 Å². The number of amides is 1. The molecule has 0 aliphatic carbocycles. The van der Waals surface area contributed by atoms with E-state index < -0.39 is 0 Å². The maximum Gasteiger partial charge on any atom is 0.224 e. The Morgan fingerprint density at radius 3 is 2.56 bits per heavy atom.